The molecule has 0 spiro atoms. The highest BCUT2D eigenvalue weighted by Crippen LogP contribution is 2.36. The molecule has 12 nitrogen and oxygen atoms in total. The van der Waals surface area contributed by atoms with Crippen LogP contribution in [0.4, 0.5) is 0 Å². The molecule has 0 aromatic rings. The van der Waals surface area contributed by atoms with Crippen molar-refractivity contribution in [3.8, 4) is 0 Å². The maximum atomic E-state index is 14.0. The zero-order valence-electron chi connectivity index (χ0n) is 28.7. The monoisotopic (exact) mass is 679 g/mol. The number of amides is 2. The summed E-state index contributed by atoms with van der Waals surface area (Å²) in [7, 11) is -4.41. The highest BCUT2D eigenvalue weighted by molar-refractivity contribution is 7.90. The van der Waals surface area contributed by atoms with Gasteiger partial charge in [-0.2, -0.15) is 0 Å². The minimum atomic E-state index is -3.73. The lowest BCUT2D eigenvalue weighted by molar-refractivity contribution is -0.138. The maximum absolute atomic E-state index is 14.0. The summed E-state index contributed by atoms with van der Waals surface area (Å²) >= 11 is 0. The van der Waals surface area contributed by atoms with E-state index in [1.54, 1.807) is 25.7 Å². The number of hydrogen-bond donors (Lipinski definition) is 3. The number of sulfonamides is 2. The van der Waals surface area contributed by atoms with Crippen LogP contribution in [0, 0.1) is 17.8 Å². The van der Waals surface area contributed by atoms with Crippen molar-refractivity contribution in [1.82, 2.24) is 24.4 Å². The van der Waals surface area contributed by atoms with Gasteiger partial charge in [-0.1, -0.05) is 52.9 Å². The molecule has 2 saturated carbocycles. The Morgan fingerprint density at radius 1 is 0.889 bits per heavy atom. The Balaban J connectivity index is 2.34. The van der Waals surface area contributed by atoms with Crippen molar-refractivity contribution < 1.29 is 31.5 Å². The Kier molecular flexibility index (Phi) is 16.2. The van der Waals surface area contributed by atoms with Gasteiger partial charge in [0.1, 0.15) is 0 Å². The summed E-state index contributed by atoms with van der Waals surface area (Å²) < 4.78 is 52.9. The van der Waals surface area contributed by atoms with Crippen LogP contribution in [0.1, 0.15) is 105 Å². The van der Waals surface area contributed by atoms with Crippen molar-refractivity contribution in [3.63, 3.8) is 0 Å². The van der Waals surface area contributed by atoms with Gasteiger partial charge in [-0.05, 0) is 58.3 Å². The first kappa shape index (κ1) is 39.9. The Morgan fingerprint density at radius 3 is 1.98 bits per heavy atom. The zero-order valence-corrected chi connectivity index (χ0v) is 30.3. The lowest BCUT2D eigenvalue weighted by Gasteiger charge is -2.38. The maximum Gasteiger partial charge on any atom is 0.226 e. The first-order valence-electron chi connectivity index (χ1n) is 17.0. The summed E-state index contributed by atoms with van der Waals surface area (Å²) in [6, 6.07) is -0.658. The van der Waals surface area contributed by atoms with E-state index in [0.29, 0.717) is 32.0 Å². The van der Waals surface area contributed by atoms with Gasteiger partial charge in [0.15, 0.2) is 0 Å². The average molecular weight is 680 g/mol. The fourth-order valence-corrected chi connectivity index (χ4v) is 8.94. The number of nitrogens with one attached hydrogen (secondary N) is 2. The summed E-state index contributed by atoms with van der Waals surface area (Å²) in [5.41, 5.74) is 0. The van der Waals surface area contributed by atoms with Crippen molar-refractivity contribution in [3.05, 3.63) is 0 Å². The van der Waals surface area contributed by atoms with E-state index in [-0.39, 0.29) is 37.6 Å². The Labute approximate surface area is 273 Å². The number of carbonyl (C=O) groups excluding carboxylic acids is 2. The Bertz CT molecular complexity index is 1140. The molecule has 2 fully saturated rings. The molecule has 2 aliphatic rings. The molecule has 0 heterocycles. The van der Waals surface area contributed by atoms with Gasteiger partial charge < -0.3 is 15.3 Å². The molecule has 2 aliphatic carbocycles. The van der Waals surface area contributed by atoms with Crippen molar-refractivity contribution in [1.29, 1.82) is 0 Å². The second kappa shape index (κ2) is 18.3. The Hall–Kier alpha value is -1.32. The molecule has 5 unspecified atom stereocenters. The number of hydrazine groups is 1. The lowest BCUT2D eigenvalue weighted by atomic mass is 9.79. The van der Waals surface area contributed by atoms with Gasteiger partial charge in [0.2, 0.25) is 31.9 Å². The van der Waals surface area contributed by atoms with Gasteiger partial charge >= 0.3 is 0 Å². The molecule has 45 heavy (non-hydrogen) atoms. The third-order valence-corrected chi connectivity index (χ3v) is 13.4. The number of carbonyl (C=O) groups is 2. The van der Waals surface area contributed by atoms with Crippen molar-refractivity contribution in [2.75, 3.05) is 40.3 Å². The summed E-state index contributed by atoms with van der Waals surface area (Å²) in [5.74, 6) is -1.49. The number of likely N-dealkylation sites (N-methyl/N-ethyl adjacent to an activating group) is 1. The van der Waals surface area contributed by atoms with Gasteiger partial charge in [-0.3, -0.25) is 9.59 Å². The van der Waals surface area contributed by atoms with Gasteiger partial charge in [-0.15, -0.1) is 4.83 Å². The lowest BCUT2D eigenvalue weighted by Crippen LogP contribution is -2.55. The van der Waals surface area contributed by atoms with Crippen molar-refractivity contribution in [2.24, 2.45) is 17.8 Å². The van der Waals surface area contributed by atoms with Crippen LogP contribution in [-0.2, 0) is 29.6 Å². The summed E-state index contributed by atoms with van der Waals surface area (Å²) in [5, 5.41) is 14.4. The van der Waals surface area contributed by atoms with E-state index in [2.05, 4.69) is 10.1 Å². The normalized spacial score (nSPS) is 23.3. The van der Waals surface area contributed by atoms with Gasteiger partial charge in [-0.25, -0.2) is 26.1 Å². The van der Waals surface area contributed by atoms with E-state index in [0.717, 1.165) is 44.9 Å². The molecule has 0 bridgehead atoms. The van der Waals surface area contributed by atoms with Crippen molar-refractivity contribution in [2.45, 2.75) is 128 Å². The molecule has 0 aliphatic heterocycles. The summed E-state index contributed by atoms with van der Waals surface area (Å²) in [6.07, 6.45) is 6.84. The predicted molar refractivity (Wildman–Crippen MR) is 178 cm³/mol. The highest BCUT2D eigenvalue weighted by Gasteiger charge is 2.44. The van der Waals surface area contributed by atoms with Crippen LogP contribution in [0.3, 0.4) is 0 Å². The summed E-state index contributed by atoms with van der Waals surface area (Å²) in [6.45, 7) is 10.4. The van der Waals surface area contributed by atoms with Gasteiger partial charge in [0, 0.05) is 52.1 Å². The van der Waals surface area contributed by atoms with Gasteiger partial charge in [0.05, 0.1) is 22.6 Å². The molecule has 0 radical (unpaired) electrons. The summed E-state index contributed by atoms with van der Waals surface area (Å²) in [4.78, 5) is 32.0. The van der Waals surface area contributed by atoms with E-state index in [1.165, 1.54) is 23.4 Å². The van der Waals surface area contributed by atoms with Gasteiger partial charge in [0.25, 0.3) is 0 Å². The largest absolute Gasteiger partial charge is 0.390 e. The number of nitrogens with zero attached hydrogens (tertiary/aromatic N) is 3. The van der Waals surface area contributed by atoms with E-state index in [4.69, 9.17) is 0 Å². The molecule has 2 rings (SSSR count). The van der Waals surface area contributed by atoms with E-state index < -0.39 is 54.5 Å². The van der Waals surface area contributed by atoms with E-state index in [1.807, 2.05) is 13.8 Å². The van der Waals surface area contributed by atoms with E-state index >= 15 is 0 Å². The molecule has 2 amide bonds. The van der Waals surface area contributed by atoms with Crippen LogP contribution in [0.15, 0.2) is 0 Å². The molecule has 5 atom stereocenters. The molecule has 0 saturated heterocycles. The third-order valence-electron chi connectivity index (χ3n) is 9.38. The zero-order chi connectivity index (χ0) is 33.9. The SMILES string of the molecule is CCCN(CCC)C(=O)C1CC(C(=O)NC(CC2CCCCC2)C(O)CN(CC)NS(=O)(=O)C(C)C)CC(S(=O)(=O)N(C)C)C1. The molecular formula is C31H61N5O7S2. The van der Waals surface area contributed by atoms with Crippen molar-refractivity contribution >= 4 is 31.9 Å². The fraction of sp³-hybridized carbons (Fsp3) is 0.935. The second-order valence-corrected chi connectivity index (χ2v) is 18.2. The minimum Gasteiger partial charge on any atom is -0.390 e. The molecule has 0 aromatic heterocycles. The quantitative estimate of drug-likeness (QED) is 0.187. The predicted octanol–water partition coefficient (Wildman–Crippen LogP) is 2.69. The first-order chi connectivity index (χ1) is 21.1. The Morgan fingerprint density at radius 2 is 1.47 bits per heavy atom. The fourth-order valence-electron chi connectivity index (χ4n) is 6.62. The molecule has 264 valence electrons. The van der Waals surface area contributed by atoms with Crippen LogP contribution < -0.4 is 10.1 Å². The van der Waals surface area contributed by atoms with Crippen LogP contribution in [-0.4, -0.2) is 111 Å². The first-order valence-corrected chi connectivity index (χ1v) is 20.1. The number of rotatable bonds is 18. The number of aliphatic hydroxyl groups is 1. The standard InChI is InChI=1S/C31H61N5O7S2/c1-8-16-35(17-9-2)31(39)26-19-25(20-27(21-26)45(42,43)34(6)7)30(38)32-28(18-24-14-12-11-13-15-24)29(37)22-36(10-3)33-44(40,41)23(4)5/h23-29,33,37H,8-22H2,1-7H3,(H,32,38). The van der Waals surface area contributed by atoms with Crippen LogP contribution in [0.25, 0.3) is 0 Å². The molecule has 14 heteroatoms. The number of aliphatic hydroxyl groups excluding tert-OH is 1. The average Bonchev–Trinajstić information content (AvgIpc) is 2.99. The van der Waals surface area contributed by atoms with Crippen LogP contribution >= 0.6 is 0 Å². The third kappa shape index (κ3) is 11.7. The minimum absolute atomic E-state index is 0.0213. The molecule has 3 N–H and O–H groups in total. The topological polar surface area (TPSA) is 156 Å². The smallest absolute Gasteiger partial charge is 0.226 e. The molecular weight excluding hydrogens is 619 g/mol. The van der Waals surface area contributed by atoms with Crippen LogP contribution in [0.2, 0.25) is 0 Å². The van der Waals surface area contributed by atoms with E-state index in [9.17, 15) is 31.5 Å². The number of hydrogen-bond acceptors (Lipinski definition) is 8. The molecule has 0 aromatic carbocycles. The highest BCUT2D eigenvalue weighted by atomic mass is 32.2. The van der Waals surface area contributed by atoms with Crippen LogP contribution in [0.5, 0.6) is 0 Å². The second-order valence-electron chi connectivity index (χ2n) is 13.5.